The number of hydrogen-bond acceptors (Lipinski definition) is 4. The second kappa shape index (κ2) is 3.87. The van der Waals surface area contributed by atoms with Crippen LogP contribution in [0.1, 0.15) is 16.5 Å². The monoisotopic (exact) mass is 201 g/mol. The predicted molar refractivity (Wildman–Crippen MR) is 49.6 cm³/mol. The van der Waals surface area contributed by atoms with E-state index in [1.54, 1.807) is 6.07 Å². The van der Waals surface area contributed by atoms with Crippen molar-refractivity contribution in [1.82, 2.24) is 0 Å². The lowest BCUT2D eigenvalue weighted by atomic mass is 10.1. The largest absolute Gasteiger partial charge is 0.480 e. The zero-order chi connectivity index (χ0) is 10.0. The Kier molecular flexibility index (Phi) is 3.02. The zero-order valence-corrected chi connectivity index (χ0v) is 7.91. The van der Waals surface area contributed by atoms with Gasteiger partial charge < -0.3 is 15.9 Å². The summed E-state index contributed by atoms with van der Waals surface area (Å²) in [7, 11) is 0. The van der Waals surface area contributed by atoms with Crippen molar-refractivity contribution in [2.24, 2.45) is 5.73 Å². The Bertz CT molecular complexity index is 310. The minimum Gasteiger partial charge on any atom is -0.480 e. The van der Waals surface area contributed by atoms with Gasteiger partial charge in [0.25, 0.3) is 0 Å². The van der Waals surface area contributed by atoms with Crippen LogP contribution in [-0.2, 0) is 4.79 Å². The molecule has 13 heavy (non-hydrogen) atoms. The maximum atomic E-state index is 10.4. The number of carboxylic acids is 1. The summed E-state index contributed by atoms with van der Waals surface area (Å²) < 4.78 is 0. The predicted octanol–water partition coefficient (Wildman–Crippen LogP) is 0.502. The van der Waals surface area contributed by atoms with E-state index in [1.165, 1.54) is 11.3 Å². The van der Waals surface area contributed by atoms with Crippen molar-refractivity contribution in [3.05, 3.63) is 21.9 Å². The first kappa shape index (κ1) is 10.2. The first-order valence-electron chi connectivity index (χ1n) is 3.74. The number of nitrogens with two attached hydrogens (primary N) is 1. The minimum absolute atomic E-state index is 0.590. The summed E-state index contributed by atoms with van der Waals surface area (Å²) in [5.74, 6) is -1.20. The summed E-state index contributed by atoms with van der Waals surface area (Å²) in [5, 5.41) is 19.9. The molecule has 0 saturated carbocycles. The highest BCUT2D eigenvalue weighted by atomic mass is 32.1. The highest BCUT2D eigenvalue weighted by molar-refractivity contribution is 7.10. The summed E-state index contributed by atoms with van der Waals surface area (Å²) in [5.41, 5.74) is 6.26. The van der Waals surface area contributed by atoms with Crippen LogP contribution in [0.2, 0.25) is 0 Å². The van der Waals surface area contributed by atoms with Gasteiger partial charge in [-0.2, -0.15) is 0 Å². The van der Waals surface area contributed by atoms with Gasteiger partial charge in [-0.3, -0.25) is 4.79 Å². The molecule has 0 saturated heterocycles. The molecular weight excluding hydrogens is 190 g/mol. The van der Waals surface area contributed by atoms with Crippen molar-refractivity contribution >= 4 is 17.3 Å². The quantitative estimate of drug-likeness (QED) is 0.665. The van der Waals surface area contributed by atoms with Gasteiger partial charge in [0.15, 0.2) is 0 Å². The highest BCUT2D eigenvalue weighted by Gasteiger charge is 2.24. The Morgan fingerprint density at radius 1 is 1.69 bits per heavy atom. The topological polar surface area (TPSA) is 83.5 Å². The molecule has 0 amide bonds. The Balaban J connectivity index is 2.78. The van der Waals surface area contributed by atoms with Crippen LogP contribution in [-0.4, -0.2) is 22.2 Å². The van der Waals surface area contributed by atoms with Crippen molar-refractivity contribution in [2.45, 2.75) is 19.1 Å². The number of aliphatic hydroxyl groups is 1. The van der Waals surface area contributed by atoms with Gasteiger partial charge in [-0.25, -0.2) is 0 Å². The molecule has 0 radical (unpaired) electrons. The van der Waals surface area contributed by atoms with E-state index < -0.39 is 18.1 Å². The van der Waals surface area contributed by atoms with Crippen LogP contribution >= 0.6 is 11.3 Å². The second-order valence-corrected chi connectivity index (χ2v) is 3.78. The lowest BCUT2D eigenvalue weighted by molar-refractivity contribution is -0.141. The molecule has 0 aliphatic carbocycles. The fourth-order valence-corrected chi connectivity index (χ4v) is 1.85. The van der Waals surface area contributed by atoms with Gasteiger partial charge >= 0.3 is 5.97 Å². The molecule has 4 nitrogen and oxygen atoms in total. The number of aliphatic carboxylic acids is 1. The van der Waals surface area contributed by atoms with Crippen molar-refractivity contribution < 1.29 is 15.0 Å². The third kappa shape index (κ3) is 2.27. The summed E-state index contributed by atoms with van der Waals surface area (Å²) in [6.45, 7) is 1.87. The third-order valence-corrected chi connectivity index (χ3v) is 2.79. The average Bonchev–Trinajstić information content (AvgIpc) is 2.49. The number of rotatable bonds is 3. The number of hydrogen-bond donors (Lipinski definition) is 3. The van der Waals surface area contributed by atoms with Gasteiger partial charge in [0.2, 0.25) is 0 Å². The van der Waals surface area contributed by atoms with E-state index >= 15 is 0 Å². The molecule has 0 bridgehead atoms. The van der Waals surface area contributed by atoms with Crippen LogP contribution in [0.25, 0.3) is 0 Å². The fraction of sp³-hybridized carbons (Fsp3) is 0.375. The fourth-order valence-electron chi connectivity index (χ4n) is 0.921. The van der Waals surface area contributed by atoms with E-state index in [0.717, 1.165) is 5.56 Å². The van der Waals surface area contributed by atoms with Crippen LogP contribution in [0.15, 0.2) is 11.4 Å². The van der Waals surface area contributed by atoms with Crippen molar-refractivity contribution in [3.8, 4) is 0 Å². The molecule has 4 N–H and O–H groups in total. The van der Waals surface area contributed by atoms with Crippen LogP contribution in [0, 0.1) is 6.92 Å². The molecule has 5 heteroatoms. The molecular formula is C8H11NO3S. The molecule has 1 rings (SSSR count). The van der Waals surface area contributed by atoms with E-state index in [2.05, 4.69) is 0 Å². The van der Waals surface area contributed by atoms with Gasteiger partial charge in [-0.15, -0.1) is 11.3 Å². The first-order valence-corrected chi connectivity index (χ1v) is 4.62. The van der Waals surface area contributed by atoms with Crippen molar-refractivity contribution in [2.75, 3.05) is 0 Å². The van der Waals surface area contributed by atoms with Crippen LogP contribution in [0.3, 0.4) is 0 Å². The van der Waals surface area contributed by atoms with Crippen LogP contribution < -0.4 is 5.73 Å². The molecule has 0 aliphatic rings. The van der Waals surface area contributed by atoms with Crippen molar-refractivity contribution in [3.63, 3.8) is 0 Å². The summed E-state index contributed by atoms with van der Waals surface area (Å²) >= 11 is 1.31. The number of aliphatic hydroxyl groups excluding tert-OH is 1. The highest BCUT2D eigenvalue weighted by Crippen LogP contribution is 2.23. The van der Waals surface area contributed by atoms with E-state index in [4.69, 9.17) is 10.8 Å². The molecule has 2 atom stereocenters. The molecule has 1 aromatic heterocycles. The van der Waals surface area contributed by atoms with E-state index in [9.17, 15) is 9.90 Å². The third-order valence-electron chi connectivity index (χ3n) is 1.67. The number of carboxylic acid groups (broad SMARTS) is 1. The Labute approximate surface area is 79.6 Å². The van der Waals surface area contributed by atoms with E-state index in [0.29, 0.717) is 4.88 Å². The van der Waals surface area contributed by atoms with Gasteiger partial charge in [0.1, 0.15) is 12.1 Å². The number of thiophene rings is 1. The molecule has 72 valence electrons. The normalized spacial score (nSPS) is 15.3. The number of aryl methyl sites for hydroxylation is 1. The van der Waals surface area contributed by atoms with Gasteiger partial charge in [-0.05, 0) is 23.9 Å². The summed E-state index contributed by atoms with van der Waals surface area (Å²) in [4.78, 5) is 11.0. The maximum Gasteiger partial charge on any atom is 0.323 e. The van der Waals surface area contributed by atoms with Crippen LogP contribution in [0.5, 0.6) is 0 Å². The molecule has 0 aliphatic heterocycles. The van der Waals surface area contributed by atoms with Gasteiger partial charge in [-0.1, -0.05) is 0 Å². The average molecular weight is 201 g/mol. The molecule has 2 unspecified atom stereocenters. The van der Waals surface area contributed by atoms with E-state index in [-0.39, 0.29) is 0 Å². The molecule has 1 heterocycles. The first-order chi connectivity index (χ1) is 6.02. The van der Waals surface area contributed by atoms with Crippen LogP contribution in [0.4, 0.5) is 0 Å². The molecule has 1 aromatic rings. The lowest BCUT2D eigenvalue weighted by Crippen LogP contribution is -2.36. The molecule has 0 aromatic carbocycles. The molecule has 0 fully saturated rings. The summed E-state index contributed by atoms with van der Waals surface area (Å²) in [6.07, 6.45) is -1.11. The smallest absolute Gasteiger partial charge is 0.323 e. The minimum atomic E-state index is -1.25. The SMILES string of the molecule is Cc1csc(C(O)C(N)C(=O)O)c1. The van der Waals surface area contributed by atoms with E-state index in [1.807, 2.05) is 12.3 Å². The Hall–Kier alpha value is -0.910. The van der Waals surface area contributed by atoms with Gasteiger partial charge in [0, 0.05) is 4.88 Å². The van der Waals surface area contributed by atoms with Crippen molar-refractivity contribution in [1.29, 1.82) is 0 Å². The lowest BCUT2D eigenvalue weighted by Gasteiger charge is -2.12. The zero-order valence-electron chi connectivity index (χ0n) is 7.10. The maximum absolute atomic E-state index is 10.4. The Morgan fingerprint density at radius 2 is 2.31 bits per heavy atom. The molecule has 0 spiro atoms. The second-order valence-electron chi connectivity index (χ2n) is 2.84. The summed E-state index contributed by atoms with van der Waals surface area (Å²) in [6, 6.07) is 0.482. The van der Waals surface area contributed by atoms with Gasteiger partial charge in [0.05, 0.1) is 0 Å². The Morgan fingerprint density at radius 3 is 2.69 bits per heavy atom. The number of carbonyl (C=O) groups is 1. The standard InChI is InChI=1S/C8H11NO3S/c1-4-2-5(13-3-4)7(10)6(9)8(11)12/h2-3,6-7,10H,9H2,1H3,(H,11,12).